The summed E-state index contributed by atoms with van der Waals surface area (Å²) in [5.41, 5.74) is -0.870. The summed E-state index contributed by atoms with van der Waals surface area (Å²) < 4.78 is 9.72. The van der Waals surface area contributed by atoms with Crippen molar-refractivity contribution in [1.29, 1.82) is 0 Å². The molecule has 1 saturated heterocycles. The van der Waals surface area contributed by atoms with Gasteiger partial charge in [-0.3, -0.25) is 4.79 Å². The number of esters is 1. The number of hydrogen-bond donors (Lipinski definition) is 3. The highest BCUT2D eigenvalue weighted by Crippen LogP contribution is 2.25. The van der Waals surface area contributed by atoms with Crippen molar-refractivity contribution >= 4 is 11.9 Å². The summed E-state index contributed by atoms with van der Waals surface area (Å²) in [6.45, 7) is 4.72. The lowest BCUT2D eigenvalue weighted by molar-refractivity contribution is -0.288. The van der Waals surface area contributed by atoms with Gasteiger partial charge in [0.2, 0.25) is 12.4 Å². The molecule has 0 aromatic rings. The largest absolute Gasteiger partial charge is 0.563 e. The first-order chi connectivity index (χ1) is 8.55. The summed E-state index contributed by atoms with van der Waals surface area (Å²) in [6.07, 6.45) is -8.46. The van der Waals surface area contributed by atoms with Crippen molar-refractivity contribution in [2.45, 2.75) is 51.5 Å². The Morgan fingerprint density at radius 2 is 1.63 bits per heavy atom. The molecule has 1 aliphatic rings. The normalized spacial score (nSPS) is 35.8. The van der Waals surface area contributed by atoms with E-state index in [-0.39, 0.29) is 0 Å². The highest BCUT2D eigenvalue weighted by atomic mass is 16.7. The SMILES string of the molecule is CC(C)(C)C(=O)O[C@@H]1O[C@H](C(=O)[OH2+])[C@@H](O)[C@H](O)[C@H]1O. The molecule has 8 nitrogen and oxygen atoms in total. The smallest absolute Gasteiger partial charge is 0.548 e. The predicted molar refractivity (Wildman–Crippen MR) is 60.8 cm³/mol. The second-order valence-corrected chi connectivity index (χ2v) is 5.42. The lowest BCUT2D eigenvalue weighted by atomic mass is 9.96. The number of carbonyl (C=O) groups is 2. The zero-order valence-electron chi connectivity index (χ0n) is 10.9. The summed E-state index contributed by atoms with van der Waals surface area (Å²) in [4.78, 5) is 22.6. The van der Waals surface area contributed by atoms with Crippen LogP contribution in [0.15, 0.2) is 0 Å². The van der Waals surface area contributed by atoms with Gasteiger partial charge in [0.05, 0.1) is 5.41 Å². The van der Waals surface area contributed by atoms with Crippen LogP contribution >= 0.6 is 0 Å². The van der Waals surface area contributed by atoms with Gasteiger partial charge in [-0.2, -0.15) is 0 Å². The maximum absolute atomic E-state index is 11.7. The Morgan fingerprint density at radius 1 is 1.11 bits per heavy atom. The van der Waals surface area contributed by atoms with Crippen LogP contribution in [-0.2, 0) is 19.1 Å². The van der Waals surface area contributed by atoms with E-state index in [1.807, 2.05) is 0 Å². The van der Waals surface area contributed by atoms with E-state index in [9.17, 15) is 24.9 Å². The Hall–Kier alpha value is -1.22. The fourth-order valence-electron chi connectivity index (χ4n) is 1.44. The summed E-state index contributed by atoms with van der Waals surface area (Å²) in [6, 6.07) is 0. The van der Waals surface area contributed by atoms with Crippen LogP contribution < -0.4 is 0 Å². The quantitative estimate of drug-likeness (QED) is 0.379. The third kappa shape index (κ3) is 3.41. The first-order valence-corrected chi connectivity index (χ1v) is 5.72. The van der Waals surface area contributed by atoms with E-state index < -0.39 is 48.1 Å². The third-order valence-electron chi connectivity index (χ3n) is 2.66. The third-order valence-corrected chi connectivity index (χ3v) is 2.66. The molecule has 0 aromatic heterocycles. The average molecular weight is 279 g/mol. The number of aliphatic hydroxyl groups excluding tert-OH is 3. The van der Waals surface area contributed by atoms with Crippen molar-refractivity contribution in [2.75, 3.05) is 0 Å². The number of carbonyl (C=O) groups excluding carboxylic acids is 2. The van der Waals surface area contributed by atoms with Crippen molar-refractivity contribution in [3.05, 3.63) is 0 Å². The minimum Gasteiger partial charge on any atom is -0.563 e. The van der Waals surface area contributed by atoms with E-state index in [0.717, 1.165) is 0 Å². The molecular formula is C11H19O8+. The Balaban J connectivity index is 2.83. The van der Waals surface area contributed by atoms with Crippen molar-refractivity contribution < 1.29 is 39.5 Å². The second-order valence-electron chi connectivity index (χ2n) is 5.42. The molecule has 0 unspecified atom stereocenters. The molecule has 8 heteroatoms. The minimum atomic E-state index is -1.75. The maximum atomic E-state index is 11.7. The molecule has 0 aliphatic carbocycles. The molecule has 0 radical (unpaired) electrons. The van der Waals surface area contributed by atoms with Gasteiger partial charge in [0.15, 0.2) is 0 Å². The molecular weight excluding hydrogens is 260 g/mol. The lowest BCUT2D eigenvalue weighted by Crippen LogP contribution is -2.60. The van der Waals surface area contributed by atoms with E-state index in [1.54, 1.807) is 20.8 Å². The Bertz CT molecular complexity index is 360. The van der Waals surface area contributed by atoms with E-state index in [2.05, 4.69) is 0 Å². The number of rotatable bonds is 2. The van der Waals surface area contributed by atoms with E-state index in [0.29, 0.717) is 0 Å². The Morgan fingerprint density at radius 3 is 2.05 bits per heavy atom. The zero-order valence-corrected chi connectivity index (χ0v) is 10.9. The van der Waals surface area contributed by atoms with Crippen LogP contribution in [0.3, 0.4) is 0 Å². The van der Waals surface area contributed by atoms with Gasteiger partial charge in [-0.05, 0) is 20.8 Å². The van der Waals surface area contributed by atoms with Crippen LogP contribution in [0.25, 0.3) is 0 Å². The van der Waals surface area contributed by atoms with Crippen LogP contribution in [0.4, 0.5) is 0 Å². The standard InChI is InChI=1S/C11H18O8/c1-11(2,3)10(17)19-9-6(14)4(12)5(13)7(18-9)8(15)16/h4-7,9,12-14H,1-3H3,(H,15,16)/p+1/t4-,5-,6+,7-,9-/m0/s1. The van der Waals surface area contributed by atoms with Gasteiger partial charge in [0, 0.05) is 4.79 Å². The van der Waals surface area contributed by atoms with E-state index in [1.165, 1.54) is 0 Å². The number of aliphatic hydroxyl groups is 3. The average Bonchev–Trinajstić information content (AvgIpc) is 2.28. The van der Waals surface area contributed by atoms with Crippen LogP contribution in [0.5, 0.6) is 0 Å². The summed E-state index contributed by atoms with van der Waals surface area (Å²) in [5.74, 6) is -1.99. The van der Waals surface area contributed by atoms with E-state index in [4.69, 9.17) is 14.6 Å². The van der Waals surface area contributed by atoms with Crippen molar-refractivity contribution in [1.82, 2.24) is 0 Å². The monoisotopic (exact) mass is 279 g/mol. The maximum Gasteiger partial charge on any atom is 0.548 e. The first-order valence-electron chi connectivity index (χ1n) is 5.72. The fraction of sp³-hybridized carbons (Fsp3) is 0.818. The topological polar surface area (TPSA) is 136 Å². The number of hydrogen-bond acceptors (Lipinski definition) is 7. The highest BCUT2D eigenvalue weighted by Gasteiger charge is 2.51. The molecule has 0 spiro atoms. The molecule has 1 heterocycles. The molecule has 5 atom stereocenters. The molecule has 0 amide bonds. The number of ether oxygens (including phenoxy) is 2. The van der Waals surface area contributed by atoms with Gasteiger partial charge in [-0.25, -0.2) is 0 Å². The molecule has 1 fully saturated rings. The van der Waals surface area contributed by atoms with Crippen molar-refractivity contribution in [3.63, 3.8) is 0 Å². The fourth-order valence-corrected chi connectivity index (χ4v) is 1.44. The molecule has 0 aromatic carbocycles. The molecule has 1 rings (SSSR count). The predicted octanol–water partition coefficient (Wildman–Crippen LogP) is -2.37. The highest BCUT2D eigenvalue weighted by molar-refractivity contribution is 5.76. The molecule has 0 bridgehead atoms. The zero-order chi connectivity index (χ0) is 15.0. The molecule has 5 N–H and O–H groups in total. The molecule has 19 heavy (non-hydrogen) atoms. The van der Waals surface area contributed by atoms with Crippen molar-refractivity contribution in [2.24, 2.45) is 5.41 Å². The van der Waals surface area contributed by atoms with Crippen molar-refractivity contribution in [3.8, 4) is 0 Å². The van der Waals surface area contributed by atoms with Gasteiger partial charge in [-0.1, -0.05) is 0 Å². The van der Waals surface area contributed by atoms with Crippen LogP contribution in [0.2, 0.25) is 0 Å². The molecule has 1 aliphatic heterocycles. The van der Waals surface area contributed by atoms with Gasteiger partial charge in [-0.15, -0.1) is 0 Å². The van der Waals surface area contributed by atoms with Gasteiger partial charge in [0.1, 0.15) is 18.3 Å². The Kier molecular flexibility index (Phi) is 4.51. The first kappa shape index (κ1) is 15.8. The van der Waals surface area contributed by atoms with Crippen LogP contribution in [-0.4, -0.2) is 63.1 Å². The Labute approximate surface area is 109 Å². The van der Waals surface area contributed by atoms with Crippen LogP contribution in [0, 0.1) is 5.41 Å². The second kappa shape index (κ2) is 5.41. The summed E-state index contributed by atoms with van der Waals surface area (Å²) in [5, 5.41) is 35.6. The van der Waals surface area contributed by atoms with Gasteiger partial charge >= 0.3 is 11.9 Å². The summed E-state index contributed by atoms with van der Waals surface area (Å²) >= 11 is 0. The van der Waals surface area contributed by atoms with Gasteiger partial charge < -0.3 is 29.9 Å². The lowest BCUT2D eigenvalue weighted by Gasteiger charge is -2.37. The molecule has 0 saturated carbocycles. The van der Waals surface area contributed by atoms with Gasteiger partial charge in [0.25, 0.3) is 0 Å². The molecule has 110 valence electrons. The van der Waals surface area contributed by atoms with E-state index >= 15 is 0 Å². The summed E-state index contributed by atoms with van der Waals surface area (Å²) in [7, 11) is 0. The van der Waals surface area contributed by atoms with Crippen LogP contribution in [0.1, 0.15) is 20.8 Å². The minimum absolute atomic E-state index is 0.712.